The van der Waals surface area contributed by atoms with Crippen LogP contribution in [-0.4, -0.2) is 30.3 Å². The van der Waals surface area contributed by atoms with E-state index in [-0.39, 0.29) is 0 Å². The van der Waals surface area contributed by atoms with Crippen LogP contribution in [0.2, 0.25) is 0 Å². The maximum absolute atomic E-state index is 11.6. The molecular weight excluding hydrogens is 510 g/mol. The first-order valence-electron chi connectivity index (χ1n) is 19.2. The molecular formula is C40H77NO. The minimum Gasteiger partial charge on any atom is -0.303 e. The third-order valence-corrected chi connectivity index (χ3v) is 8.75. The molecule has 0 amide bonds. The van der Waals surface area contributed by atoms with Crippen molar-refractivity contribution in [2.24, 2.45) is 0 Å². The summed E-state index contributed by atoms with van der Waals surface area (Å²) in [4.78, 5) is 14.1. The Labute approximate surface area is 266 Å². The van der Waals surface area contributed by atoms with Crippen LogP contribution in [0.4, 0.5) is 0 Å². The lowest BCUT2D eigenvalue weighted by molar-refractivity contribution is -0.117. The summed E-state index contributed by atoms with van der Waals surface area (Å²) in [5.41, 5.74) is 0. The van der Waals surface area contributed by atoms with Gasteiger partial charge in [0.15, 0.2) is 0 Å². The van der Waals surface area contributed by atoms with E-state index < -0.39 is 0 Å². The van der Waals surface area contributed by atoms with Crippen LogP contribution in [0.3, 0.4) is 0 Å². The number of carbonyl (C=O) groups excluding carboxylic acids is 1. The smallest absolute Gasteiger partial charge is 0.131 e. The zero-order valence-corrected chi connectivity index (χ0v) is 29.3. The number of carbonyl (C=O) groups is 1. The monoisotopic (exact) mass is 588 g/mol. The van der Waals surface area contributed by atoms with Gasteiger partial charge in [-0.1, -0.05) is 154 Å². The Morgan fingerprint density at radius 1 is 0.405 bits per heavy atom. The molecule has 0 aliphatic carbocycles. The van der Waals surface area contributed by atoms with Crippen molar-refractivity contribution in [3.05, 3.63) is 24.3 Å². The molecule has 0 spiro atoms. The number of hydrogen-bond donors (Lipinski definition) is 0. The summed E-state index contributed by atoms with van der Waals surface area (Å²) >= 11 is 0. The molecule has 0 N–H and O–H groups in total. The van der Waals surface area contributed by atoms with E-state index in [9.17, 15) is 4.79 Å². The van der Waals surface area contributed by atoms with Gasteiger partial charge in [0.05, 0.1) is 0 Å². The summed E-state index contributed by atoms with van der Waals surface area (Å²) in [6, 6.07) is 0. The number of rotatable bonds is 35. The minimum absolute atomic E-state index is 0.335. The Morgan fingerprint density at radius 3 is 1.00 bits per heavy atom. The van der Waals surface area contributed by atoms with E-state index in [1.54, 1.807) is 6.92 Å². The molecule has 2 nitrogen and oxygen atoms in total. The van der Waals surface area contributed by atoms with Gasteiger partial charge < -0.3 is 4.90 Å². The van der Waals surface area contributed by atoms with Crippen LogP contribution < -0.4 is 0 Å². The SMILES string of the molecule is CCCCCCCC/C=C\CCCCCCCCN(CCCCCCCC/C=C\CCCCCCCC)CCC(C)=O. The van der Waals surface area contributed by atoms with Gasteiger partial charge in [0.1, 0.15) is 5.78 Å². The minimum atomic E-state index is 0.335. The molecule has 0 atom stereocenters. The Kier molecular flexibility index (Phi) is 35.5. The van der Waals surface area contributed by atoms with Gasteiger partial charge in [0.2, 0.25) is 0 Å². The number of nitrogens with zero attached hydrogens (tertiary/aromatic N) is 1. The highest BCUT2D eigenvalue weighted by atomic mass is 16.1. The lowest BCUT2D eigenvalue weighted by atomic mass is 10.1. The van der Waals surface area contributed by atoms with Crippen LogP contribution in [0.5, 0.6) is 0 Å². The molecule has 2 heteroatoms. The second-order valence-electron chi connectivity index (χ2n) is 13.2. The zero-order chi connectivity index (χ0) is 30.6. The van der Waals surface area contributed by atoms with Crippen molar-refractivity contribution in [2.75, 3.05) is 19.6 Å². The molecule has 0 radical (unpaired) electrons. The van der Waals surface area contributed by atoms with E-state index in [1.165, 1.54) is 193 Å². The normalized spacial score (nSPS) is 12.0. The average Bonchev–Trinajstić information content (AvgIpc) is 2.98. The van der Waals surface area contributed by atoms with E-state index in [2.05, 4.69) is 43.1 Å². The lowest BCUT2D eigenvalue weighted by Crippen LogP contribution is -2.28. The van der Waals surface area contributed by atoms with Gasteiger partial charge in [-0.25, -0.2) is 0 Å². The van der Waals surface area contributed by atoms with Gasteiger partial charge in [0, 0.05) is 13.0 Å². The molecule has 0 unspecified atom stereocenters. The predicted octanol–water partition coefficient (Wildman–Crippen LogP) is 13.3. The standard InChI is InChI=1S/C40H77NO/c1-4-6-8-10-12-14-16-18-20-22-24-26-28-30-32-34-37-41(39-36-40(3)42)38-35-33-31-29-27-25-23-21-19-17-15-13-11-9-7-5-2/h18-21H,4-17,22-39H2,1-3H3/b20-18-,21-19-. The second-order valence-corrected chi connectivity index (χ2v) is 13.2. The van der Waals surface area contributed by atoms with Gasteiger partial charge in [0.25, 0.3) is 0 Å². The van der Waals surface area contributed by atoms with E-state index in [4.69, 9.17) is 0 Å². The largest absolute Gasteiger partial charge is 0.303 e. The maximum Gasteiger partial charge on any atom is 0.131 e. The first-order valence-corrected chi connectivity index (χ1v) is 19.2. The molecule has 0 aromatic rings. The summed E-state index contributed by atoms with van der Waals surface area (Å²) in [7, 11) is 0. The Hall–Kier alpha value is -0.890. The van der Waals surface area contributed by atoms with Crippen molar-refractivity contribution in [3.63, 3.8) is 0 Å². The lowest BCUT2D eigenvalue weighted by Gasteiger charge is -2.21. The quantitative estimate of drug-likeness (QED) is 0.0543. The van der Waals surface area contributed by atoms with Crippen LogP contribution in [0.1, 0.15) is 207 Å². The van der Waals surface area contributed by atoms with Crippen LogP contribution in [0.15, 0.2) is 24.3 Å². The van der Waals surface area contributed by atoms with Crippen molar-refractivity contribution in [1.82, 2.24) is 4.90 Å². The highest BCUT2D eigenvalue weighted by molar-refractivity contribution is 5.75. The molecule has 0 aromatic heterocycles. The van der Waals surface area contributed by atoms with Crippen molar-refractivity contribution >= 4 is 5.78 Å². The van der Waals surface area contributed by atoms with Gasteiger partial charge in [-0.15, -0.1) is 0 Å². The third-order valence-electron chi connectivity index (χ3n) is 8.75. The summed E-state index contributed by atoms with van der Waals surface area (Å²) < 4.78 is 0. The van der Waals surface area contributed by atoms with Crippen LogP contribution in [-0.2, 0) is 4.79 Å². The number of ketones is 1. The Balaban J connectivity index is 3.64. The molecule has 0 rings (SSSR count). The molecule has 0 aromatic carbocycles. The summed E-state index contributed by atoms with van der Waals surface area (Å²) in [5, 5.41) is 0. The molecule has 0 bridgehead atoms. The van der Waals surface area contributed by atoms with Crippen LogP contribution in [0, 0.1) is 0 Å². The highest BCUT2D eigenvalue weighted by Crippen LogP contribution is 2.13. The molecule has 0 aliphatic heterocycles. The Morgan fingerprint density at radius 2 is 0.690 bits per heavy atom. The first kappa shape index (κ1) is 41.1. The molecule has 248 valence electrons. The predicted molar refractivity (Wildman–Crippen MR) is 191 cm³/mol. The number of hydrogen-bond acceptors (Lipinski definition) is 2. The number of allylic oxidation sites excluding steroid dienone is 4. The molecule has 42 heavy (non-hydrogen) atoms. The van der Waals surface area contributed by atoms with E-state index in [0.29, 0.717) is 5.78 Å². The summed E-state index contributed by atoms with van der Waals surface area (Å²) in [6.45, 7) is 9.64. The summed E-state index contributed by atoms with van der Waals surface area (Å²) in [5.74, 6) is 0.335. The molecule has 0 saturated carbocycles. The molecule has 0 fully saturated rings. The van der Waals surface area contributed by atoms with E-state index in [0.717, 1.165) is 13.0 Å². The third kappa shape index (κ3) is 35.3. The van der Waals surface area contributed by atoms with Crippen molar-refractivity contribution < 1.29 is 4.79 Å². The van der Waals surface area contributed by atoms with Gasteiger partial charge in [-0.2, -0.15) is 0 Å². The zero-order valence-electron chi connectivity index (χ0n) is 29.3. The first-order chi connectivity index (χ1) is 20.7. The van der Waals surface area contributed by atoms with Crippen molar-refractivity contribution in [2.45, 2.75) is 207 Å². The van der Waals surface area contributed by atoms with Crippen LogP contribution >= 0.6 is 0 Å². The van der Waals surface area contributed by atoms with Crippen molar-refractivity contribution in [1.29, 1.82) is 0 Å². The van der Waals surface area contributed by atoms with Gasteiger partial charge >= 0.3 is 0 Å². The van der Waals surface area contributed by atoms with E-state index in [1.807, 2.05) is 0 Å². The summed E-state index contributed by atoms with van der Waals surface area (Å²) in [6.07, 6.45) is 48.6. The highest BCUT2D eigenvalue weighted by Gasteiger charge is 2.06. The van der Waals surface area contributed by atoms with Crippen LogP contribution in [0.25, 0.3) is 0 Å². The molecule has 0 heterocycles. The van der Waals surface area contributed by atoms with Gasteiger partial charge in [-0.05, 0) is 84.2 Å². The molecule has 0 saturated heterocycles. The fourth-order valence-electron chi connectivity index (χ4n) is 5.82. The maximum atomic E-state index is 11.6. The second kappa shape index (κ2) is 36.3. The Bertz CT molecular complexity index is 538. The number of Topliss-reactive ketones (excluding diaryl/α,β-unsaturated/α-hetero) is 1. The topological polar surface area (TPSA) is 20.3 Å². The fourth-order valence-corrected chi connectivity index (χ4v) is 5.82. The van der Waals surface area contributed by atoms with Gasteiger partial charge in [-0.3, -0.25) is 4.79 Å². The van der Waals surface area contributed by atoms with E-state index >= 15 is 0 Å². The number of unbranched alkanes of at least 4 members (excludes halogenated alkanes) is 24. The van der Waals surface area contributed by atoms with Crippen molar-refractivity contribution in [3.8, 4) is 0 Å². The average molecular weight is 588 g/mol. The molecule has 0 aliphatic rings. The fraction of sp³-hybridized carbons (Fsp3) is 0.875.